The van der Waals surface area contributed by atoms with E-state index in [4.69, 9.17) is 9.15 Å². The van der Waals surface area contributed by atoms with Crippen LogP contribution in [0.5, 0.6) is 5.75 Å². The van der Waals surface area contributed by atoms with E-state index in [0.717, 1.165) is 0 Å². The van der Waals surface area contributed by atoms with Gasteiger partial charge in [-0.25, -0.2) is 18.4 Å². The minimum atomic E-state index is -4.89. The zero-order chi connectivity index (χ0) is 24.1. The number of nitrogens with one attached hydrogen (secondary N) is 1. The molecule has 2 heterocycles. The SMILES string of the molecule is COc1ccccc1-c1cc(C(F)(F)F)nc(S(=O)(=O)CCCC(=O)NCc2ccco2)n1. The summed E-state index contributed by atoms with van der Waals surface area (Å²) >= 11 is 0. The zero-order valence-corrected chi connectivity index (χ0v) is 18.2. The van der Waals surface area contributed by atoms with Gasteiger partial charge in [-0.2, -0.15) is 13.2 Å². The number of halogens is 3. The van der Waals surface area contributed by atoms with Crippen molar-refractivity contribution in [2.75, 3.05) is 12.9 Å². The molecule has 0 bridgehead atoms. The van der Waals surface area contributed by atoms with Crippen LogP contribution in [0, 0.1) is 0 Å². The van der Waals surface area contributed by atoms with Gasteiger partial charge in [0.2, 0.25) is 20.9 Å². The number of para-hydroxylation sites is 1. The molecule has 0 aliphatic rings. The van der Waals surface area contributed by atoms with Crippen LogP contribution in [-0.4, -0.2) is 37.2 Å². The van der Waals surface area contributed by atoms with Crippen molar-refractivity contribution >= 4 is 15.7 Å². The first-order valence-electron chi connectivity index (χ1n) is 9.71. The van der Waals surface area contributed by atoms with E-state index < -0.39 is 38.5 Å². The molecule has 176 valence electrons. The van der Waals surface area contributed by atoms with Crippen LogP contribution in [-0.2, 0) is 27.4 Å². The molecule has 2 aromatic heterocycles. The van der Waals surface area contributed by atoms with Crippen LogP contribution >= 0.6 is 0 Å². The number of carbonyl (C=O) groups is 1. The van der Waals surface area contributed by atoms with E-state index in [1.807, 2.05) is 0 Å². The van der Waals surface area contributed by atoms with E-state index in [2.05, 4.69) is 15.3 Å². The summed E-state index contributed by atoms with van der Waals surface area (Å²) in [4.78, 5) is 19.0. The van der Waals surface area contributed by atoms with Crippen LogP contribution in [0.4, 0.5) is 13.2 Å². The molecule has 0 radical (unpaired) electrons. The van der Waals surface area contributed by atoms with Crippen molar-refractivity contribution in [2.45, 2.75) is 30.7 Å². The summed E-state index contributed by atoms with van der Waals surface area (Å²) in [6.45, 7) is 0.136. The molecule has 1 aromatic carbocycles. The quantitative estimate of drug-likeness (QED) is 0.463. The van der Waals surface area contributed by atoms with Crippen molar-refractivity contribution in [3.63, 3.8) is 0 Å². The van der Waals surface area contributed by atoms with Crippen molar-refractivity contribution in [1.29, 1.82) is 0 Å². The second kappa shape index (κ2) is 10.0. The number of sulfone groups is 1. The fourth-order valence-corrected chi connectivity index (χ4v) is 4.09. The largest absolute Gasteiger partial charge is 0.496 e. The fourth-order valence-electron chi connectivity index (χ4n) is 2.90. The molecule has 1 amide bonds. The number of methoxy groups -OCH3 is 1. The van der Waals surface area contributed by atoms with Crippen LogP contribution in [0.1, 0.15) is 24.3 Å². The first-order chi connectivity index (χ1) is 15.6. The fraction of sp³-hybridized carbons (Fsp3) is 0.286. The van der Waals surface area contributed by atoms with Gasteiger partial charge in [0.25, 0.3) is 0 Å². The Morgan fingerprint density at radius 2 is 1.91 bits per heavy atom. The maximum absolute atomic E-state index is 13.4. The Morgan fingerprint density at radius 1 is 1.15 bits per heavy atom. The lowest BCUT2D eigenvalue weighted by Crippen LogP contribution is -2.23. The topological polar surface area (TPSA) is 111 Å². The lowest BCUT2D eigenvalue weighted by molar-refractivity contribution is -0.141. The maximum Gasteiger partial charge on any atom is 0.433 e. The molecule has 12 heteroatoms. The number of carbonyl (C=O) groups excluding carboxylic acids is 1. The number of alkyl halides is 3. The number of nitrogens with zero attached hydrogens (tertiary/aromatic N) is 2. The van der Waals surface area contributed by atoms with Crippen molar-refractivity contribution in [2.24, 2.45) is 0 Å². The van der Waals surface area contributed by atoms with Crippen LogP contribution in [0.3, 0.4) is 0 Å². The van der Waals surface area contributed by atoms with Gasteiger partial charge in [-0.05, 0) is 36.8 Å². The molecular weight excluding hydrogens is 463 g/mol. The Morgan fingerprint density at radius 3 is 2.58 bits per heavy atom. The van der Waals surface area contributed by atoms with E-state index >= 15 is 0 Å². The minimum Gasteiger partial charge on any atom is -0.496 e. The van der Waals surface area contributed by atoms with Gasteiger partial charge in [0.1, 0.15) is 17.2 Å². The van der Waals surface area contributed by atoms with Gasteiger partial charge < -0.3 is 14.5 Å². The summed E-state index contributed by atoms with van der Waals surface area (Å²) in [6.07, 6.45) is -3.73. The Hall–Kier alpha value is -3.41. The second-order valence-corrected chi connectivity index (χ2v) is 8.90. The summed E-state index contributed by atoms with van der Waals surface area (Å²) in [6, 6.07) is 10.1. The number of hydrogen-bond donors (Lipinski definition) is 1. The second-order valence-electron chi connectivity index (χ2n) is 6.90. The minimum absolute atomic E-state index is 0.129. The highest BCUT2D eigenvalue weighted by atomic mass is 32.2. The van der Waals surface area contributed by atoms with Gasteiger partial charge in [0, 0.05) is 12.0 Å². The average molecular weight is 483 g/mol. The molecule has 3 aromatic rings. The molecule has 0 unspecified atom stereocenters. The molecule has 0 saturated heterocycles. The number of aromatic nitrogens is 2. The molecule has 0 aliphatic heterocycles. The van der Waals surface area contributed by atoms with Gasteiger partial charge in [0.15, 0.2) is 0 Å². The van der Waals surface area contributed by atoms with Gasteiger partial charge in [0.05, 0.1) is 31.4 Å². The molecular formula is C21H20F3N3O5S. The summed E-state index contributed by atoms with van der Waals surface area (Å²) in [7, 11) is -2.98. The Bertz CT molecular complexity index is 1210. The summed E-state index contributed by atoms with van der Waals surface area (Å²) in [5.41, 5.74) is -1.46. The van der Waals surface area contributed by atoms with Gasteiger partial charge in [-0.15, -0.1) is 0 Å². The maximum atomic E-state index is 13.4. The van der Waals surface area contributed by atoms with Crippen LogP contribution in [0.2, 0.25) is 0 Å². The highest BCUT2D eigenvalue weighted by molar-refractivity contribution is 7.91. The van der Waals surface area contributed by atoms with Crippen LogP contribution < -0.4 is 10.1 Å². The van der Waals surface area contributed by atoms with Gasteiger partial charge >= 0.3 is 6.18 Å². The number of benzene rings is 1. The summed E-state index contributed by atoms with van der Waals surface area (Å²) in [5.74, 6) is -0.284. The molecule has 3 rings (SSSR count). The van der Waals surface area contributed by atoms with Crippen LogP contribution in [0.15, 0.2) is 58.3 Å². The number of hydrogen-bond acceptors (Lipinski definition) is 7. The molecule has 1 N–H and O–H groups in total. The average Bonchev–Trinajstić information content (AvgIpc) is 3.30. The first kappa shape index (κ1) is 24.2. The Balaban J connectivity index is 1.79. The smallest absolute Gasteiger partial charge is 0.433 e. The summed E-state index contributed by atoms with van der Waals surface area (Å²) in [5, 5.41) is 1.60. The third kappa shape index (κ3) is 6.31. The van der Waals surface area contributed by atoms with Crippen molar-refractivity contribution in [3.8, 4) is 17.0 Å². The molecule has 0 fully saturated rings. The summed E-state index contributed by atoms with van der Waals surface area (Å²) < 4.78 is 75.9. The Kier molecular flexibility index (Phi) is 7.36. The van der Waals surface area contributed by atoms with Crippen molar-refractivity contribution in [1.82, 2.24) is 15.3 Å². The number of amides is 1. The monoisotopic (exact) mass is 483 g/mol. The number of rotatable bonds is 9. The van der Waals surface area contributed by atoms with E-state index in [1.54, 1.807) is 24.3 Å². The highest BCUT2D eigenvalue weighted by Crippen LogP contribution is 2.34. The zero-order valence-electron chi connectivity index (χ0n) is 17.4. The highest BCUT2D eigenvalue weighted by Gasteiger charge is 2.35. The molecule has 0 spiro atoms. The van der Waals surface area contributed by atoms with Crippen LogP contribution in [0.25, 0.3) is 11.3 Å². The Labute approximate surface area is 187 Å². The normalized spacial score (nSPS) is 11.9. The lowest BCUT2D eigenvalue weighted by Gasteiger charge is -2.13. The van der Waals surface area contributed by atoms with E-state index in [0.29, 0.717) is 11.8 Å². The molecule has 0 aliphatic carbocycles. The number of ether oxygens (including phenoxy) is 1. The standard InChI is InChI=1S/C21H20F3N3O5S/c1-31-17-8-3-2-7-15(17)16-12-18(21(22,23)24)27-20(26-16)33(29,30)11-5-9-19(28)25-13-14-6-4-10-32-14/h2-4,6-8,10,12H,5,9,11,13H2,1H3,(H,25,28). The molecule has 0 atom stereocenters. The predicted molar refractivity (Wildman–Crippen MR) is 111 cm³/mol. The molecule has 33 heavy (non-hydrogen) atoms. The molecule has 8 nitrogen and oxygen atoms in total. The predicted octanol–water partition coefficient (Wildman–Crippen LogP) is 3.63. The number of furan rings is 1. The van der Waals surface area contributed by atoms with E-state index in [9.17, 15) is 26.4 Å². The van der Waals surface area contributed by atoms with Crippen molar-refractivity contribution < 1.29 is 35.5 Å². The van der Waals surface area contributed by atoms with Crippen molar-refractivity contribution in [3.05, 3.63) is 60.2 Å². The van der Waals surface area contributed by atoms with Gasteiger partial charge in [-0.1, -0.05) is 12.1 Å². The van der Waals surface area contributed by atoms with Gasteiger partial charge in [-0.3, -0.25) is 4.79 Å². The third-order valence-electron chi connectivity index (χ3n) is 4.51. The van der Waals surface area contributed by atoms with E-state index in [-0.39, 0.29) is 36.4 Å². The first-order valence-corrected chi connectivity index (χ1v) is 11.4. The van der Waals surface area contributed by atoms with E-state index in [1.165, 1.54) is 25.5 Å². The molecule has 0 saturated carbocycles. The third-order valence-corrected chi connectivity index (χ3v) is 6.08. The lowest BCUT2D eigenvalue weighted by atomic mass is 10.1.